The third-order valence-corrected chi connectivity index (χ3v) is 10.5. The summed E-state index contributed by atoms with van der Waals surface area (Å²) in [6, 6.07) is 0. The molecule has 0 aromatic rings. The fraction of sp³-hybridized carbons (Fsp3) is 0.652. The van der Waals surface area contributed by atoms with Crippen molar-refractivity contribution in [3.63, 3.8) is 0 Å². The molecular weight excluding hydrogens is 645 g/mol. The van der Waals surface area contributed by atoms with E-state index in [0.29, 0.717) is 11.4 Å². The lowest BCUT2D eigenvalue weighted by atomic mass is 9.64. The molecule has 0 radical (unpaired) electrons. The number of oxime groups is 2. The highest BCUT2D eigenvalue weighted by molar-refractivity contribution is 6.23. The zero-order valence-electron chi connectivity index (χ0n) is 36.6. The number of allylic oxidation sites excluding steroid dienone is 8. The van der Waals surface area contributed by atoms with Crippen LogP contribution in [-0.2, 0) is 19.3 Å². The number of carbonyl (C=O) groups is 2. The highest BCUT2D eigenvalue weighted by atomic mass is 16.7. The van der Waals surface area contributed by atoms with Gasteiger partial charge in [-0.05, 0) is 82.1 Å². The molecule has 0 saturated carbocycles. The van der Waals surface area contributed by atoms with E-state index in [-0.39, 0.29) is 39.1 Å². The summed E-state index contributed by atoms with van der Waals surface area (Å²) in [5, 5.41) is 9.75. The lowest BCUT2D eigenvalue weighted by Crippen LogP contribution is -2.46. The van der Waals surface area contributed by atoms with Gasteiger partial charge in [0.1, 0.15) is 11.4 Å². The Morgan fingerprint density at radius 2 is 0.788 bits per heavy atom. The van der Waals surface area contributed by atoms with Crippen LogP contribution in [-0.4, -0.2) is 34.2 Å². The van der Waals surface area contributed by atoms with E-state index in [2.05, 4.69) is 138 Å². The molecule has 288 valence electrons. The van der Waals surface area contributed by atoms with Crippen LogP contribution in [0.3, 0.4) is 0 Å². The maximum absolute atomic E-state index is 13.9. The molecule has 0 atom stereocenters. The van der Waals surface area contributed by atoms with E-state index in [4.69, 9.17) is 20.0 Å². The summed E-state index contributed by atoms with van der Waals surface area (Å²) in [5.41, 5.74) is 1.88. The highest BCUT2D eigenvalue weighted by Gasteiger charge is 2.51. The monoisotopic (exact) mass is 715 g/mol. The van der Waals surface area contributed by atoms with Crippen LogP contribution in [0.5, 0.6) is 0 Å². The molecule has 0 aromatic carbocycles. The van der Waals surface area contributed by atoms with Crippen molar-refractivity contribution < 1.29 is 19.3 Å². The average Bonchev–Trinajstić information content (AvgIpc) is 2.92. The summed E-state index contributed by atoms with van der Waals surface area (Å²) in [4.78, 5) is 41.2. The van der Waals surface area contributed by atoms with E-state index in [1.165, 1.54) is 0 Å². The van der Waals surface area contributed by atoms with Crippen molar-refractivity contribution in [3.8, 4) is 0 Å². The smallest absolute Gasteiger partial charge is 0.185 e. The normalized spacial score (nSPS) is 22.1. The molecule has 0 unspecified atom stereocenters. The first kappa shape index (κ1) is 43.1. The molecule has 0 bridgehead atoms. The Morgan fingerprint density at radius 3 is 1.04 bits per heavy atom. The molecule has 0 fully saturated rings. The lowest BCUT2D eigenvalue weighted by molar-refractivity contribution is -0.116. The summed E-state index contributed by atoms with van der Waals surface area (Å²) in [5.74, 6) is 0.231. The van der Waals surface area contributed by atoms with Gasteiger partial charge in [-0.25, -0.2) is 0 Å². The van der Waals surface area contributed by atoms with Gasteiger partial charge in [-0.1, -0.05) is 149 Å². The number of hydrogen-bond donors (Lipinski definition) is 0. The molecule has 52 heavy (non-hydrogen) atoms. The lowest BCUT2D eigenvalue weighted by Gasteiger charge is -2.44. The molecule has 0 heterocycles. The highest BCUT2D eigenvalue weighted by Crippen LogP contribution is 2.49. The fourth-order valence-corrected chi connectivity index (χ4v) is 6.55. The summed E-state index contributed by atoms with van der Waals surface area (Å²) in [7, 11) is 0. The molecule has 3 rings (SSSR count). The van der Waals surface area contributed by atoms with Gasteiger partial charge >= 0.3 is 0 Å². The first-order valence-electron chi connectivity index (χ1n) is 19.0. The van der Waals surface area contributed by atoms with Gasteiger partial charge in [-0.15, -0.1) is 0 Å². The summed E-state index contributed by atoms with van der Waals surface area (Å²) < 4.78 is 0. The molecule has 0 aliphatic heterocycles. The largest absolute Gasteiger partial charge is 0.380 e. The number of ketones is 2. The van der Waals surface area contributed by atoms with Crippen molar-refractivity contribution in [2.45, 2.75) is 157 Å². The Kier molecular flexibility index (Phi) is 11.2. The van der Waals surface area contributed by atoms with E-state index in [0.717, 1.165) is 33.4 Å². The topological polar surface area (TPSA) is 77.3 Å². The van der Waals surface area contributed by atoms with E-state index < -0.39 is 22.0 Å². The third kappa shape index (κ3) is 8.57. The van der Waals surface area contributed by atoms with Gasteiger partial charge < -0.3 is 9.68 Å². The first-order valence-corrected chi connectivity index (χ1v) is 19.0. The van der Waals surface area contributed by atoms with Crippen molar-refractivity contribution >= 4 is 23.0 Å². The molecule has 0 amide bonds. The van der Waals surface area contributed by atoms with Gasteiger partial charge in [0.15, 0.2) is 22.8 Å². The molecular formula is C46H70N2O4. The Bertz CT molecular complexity index is 1650. The zero-order chi connectivity index (χ0) is 40.4. The summed E-state index contributed by atoms with van der Waals surface area (Å²) in [6.45, 7) is 43.9. The minimum absolute atomic E-state index is 0.0667. The van der Waals surface area contributed by atoms with Gasteiger partial charge in [0, 0.05) is 33.1 Å². The maximum Gasteiger partial charge on any atom is 0.185 e. The second kappa shape index (κ2) is 13.5. The predicted octanol–water partition coefficient (Wildman–Crippen LogP) is 11.9. The first-order chi connectivity index (χ1) is 23.1. The minimum Gasteiger partial charge on any atom is -0.380 e. The van der Waals surface area contributed by atoms with Crippen LogP contribution in [0, 0.1) is 38.4 Å². The van der Waals surface area contributed by atoms with Gasteiger partial charge in [0.25, 0.3) is 0 Å². The van der Waals surface area contributed by atoms with Crippen LogP contribution < -0.4 is 0 Å². The maximum atomic E-state index is 13.9. The third-order valence-electron chi connectivity index (χ3n) is 10.5. The second-order valence-corrected chi connectivity index (χ2v) is 21.7. The fourth-order valence-electron chi connectivity index (χ4n) is 6.55. The van der Waals surface area contributed by atoms with Crippen LogP contribution in [0.1, 0.15) is 145 Å². The number of carbonyl (C=O) groups excluding carboxylic acids is 2. The molecule has 0 aromatic heterocycles. The Balaban J connectivity index is 2.22. The summed E-state index contributed by atoms with van der Waals surface area (Å²) >= 11 is 0. The van der Waals surface area contributed by atoms with Gasteiger partial charge in [-0.3, -0.25) is 9.59 Å². The minimum atomic E-state index is -0.966. The zero-order valence-corrected chi connectivity index (χ0v) is 36.6. The van der Waals surface area contributed by atoms with Crippen LogP contribution in [0.15, 0.2) is 80.2 Å². The average molecular weight is 715 g/mol. The molecule has 6 heteroatoms. The Labute approximate surface area is 316 Å². The molecule has 6 nitrogen and oxygen atoms in total. The van der Waals surface area contributed by atoms with Gasteiger partial charge in [-0.2, -0.15) is 0 Å². The van der Waals surface area contributed by atoms with Crippen molar-refractivity contribution in [2.75, 3.05) is 0 Å². The summed E-state index contributed by atoms with van der Waals surface area (Å²) in [6.07, 6.45) is 12.1. The predicted molar refractivity (Wildman–Crippen MR) is 218 cm³/mol. The second-order valence-electron chi connectivity index (χ2n) is 21.7. The quantitative estimate of drug-likeness (QED) is 0.210. The Hall–Kier alpha value is -3.28. The molecule has 0 spiro atoms. The van der Waals surface area contributed by atoms with Crippen LogP contribution in [0.4, 0.5) is 0 Å². The van der Waals surface area contributed by atoms with Crippen molar-refractivity contribution in [3.05, 3.63) is 69.9 Å². The Morgan fingerprint density at radius 1 is 0.500 bits per heavy atom. The van der Waals surface area contributed by atoms with E-state index >= 15 is 0 Å². The molecule has 0 saturated heterocycles. The van der Waals surface area contributed by atoms with Crippen molar-refractivity contribution in [1.29, 1.82) is 0 Å². The number of rotatable bonds is 5. The van der Waals surface area contributed by atoms with E-state index in [9.17, 15) is 9.59 Å². The van der Waals surface area contributed by atoms with Crippen molar-refractivity contribution in [2.24, 2.45) is 48.7 Å². The van der Waals surface area contributed by atoms with Crippen molar-refractivity contribution in [1.82, 2.24) is 0 Å². The molecule has 3 aliphatic carbocycles. The van der Waals surface area contributed by atoms with Crippen LogP contribution in [0.2, 0.25) is 0 Å². The van der Waals surface area contributed by atoms with Crippen LogP contribution >= 0.6 is 0 Å². The number of nitrogens with zero attached hydrogens (tertiary/aromatic N) is 2. The molecule has 0 N–H and O–H groups in total. The standard InChI is InChI=1S/C46H70N2O4/c1-28(2)30-23-35(47-51-45(43(16,17)18)24-31(39(4,5)6)37(49)32(25-45)40(7,8)9)29(3)22-36(30)48-52-46(44(19,20)21)26-33(41(10,11)12)38(50)34(27-46)42(13,14)15/h22-28H,1-21H3/b47-35+,48-36+. The van der Waals surface area contributed by atoms with E-state index in [1.54, 1.807) is 0 Å². The van der Waals surface area contributed by atoms with E-state index in [1.807, 2.05) is 43.4 Å². The number of hydrogen-bond acceptors (Lipinski definition) is 6. The van der Waals surface area contributed by atoms with Gasteiger partial charge in [0.05, 0.1) is 0 Å². The SMILES string of the molecule is CC1=CC(=N\OC2(C(C)(C)C)C=C(C(C)(C)C)C(=O)C(C(C)(C)C)=C2)/C(C(C)C)=CC/1=N\OC1(C(C)(C)C)C=C(C(C)(C)C)C(=O)C(C(C)(C)C)=C1. The van der Waals surface area contributed by atoms with Gasteiger partial charge in [0.2, 0.25) is 0 Å². The van der Waals surface area contributed by atoms with Crippen LogP contribution in [0.25, 0.3) is 0 Å². The molecule has 3 aliphatic rings. The number of Topliss-reactive ketones (excluding diaryl/α,β-unsaturated/α-hetero) is 2.